The standard InChI is InChI=1S/C21H24N6O3/c1-2-27-21(30)17-10-6-5-9-16(17)19(25-27)20(29)24-15-11-22-26(12-15)13-18(28)23-14-7-3-4-8-14/h5-6,9-12,14H,2-4,7-8,13H2,1H3,(H,23,28)(H,24,29). The van der Waals surface area contributed by atoms with Gasteiger partial charge in [-0.2, -0.15) is 10.2 Å². The van der Waals surface area contributed by atoms with Crippen molar-refractivity contribution in [1.82, 2.24) is 24.9 Å². The number of fused-ring (bicyclic) bond motifs is 1. The molecule has 9 heteroatoms. The summed E-state index contributed by atoms with van der Waals surface area (Å²) in [6.07, 6.45) is 7.43. The van der Waals surface area contributed by atoms with Crippen LogP contribution in [-0.2, 0) is 17.9 Å². The molecule has 156 valence electrons. The first-order valence-electron chi connectivity index (χ1n) is 10.2. The van der Waals surface area contributed by atoms with E-state index >= 15 is 0 Å². The number of hydrogen-bond donors (Lipinski definition) is 2. The van der Waals surface area contributed by atoms with Crippen LogP contribution < -0.4 is 16.2 Å². The summed E-state index contributed by atoms with van der Waals surface area (Å²) >= 11 is 0. The minimum atomic E-state index is -0.441. The summed E-state index contributed by atoms with van der Waals surface area (Å²) in [7, 11) is 0. The maximum absolute atomic E-state index is 12.9. The van der Waals surface area contributed by atoms with E-state index < -0.39 is 5.91 Å². The molecule has 0 bridgehead atoms. The van der Waals surface area contributed by atoms with Gasteiger partial charge in [-0.1, -0.05) is 31.0 Å². The van der Waals surface area contributed by atoms with Crippen molar-refractivity contribution in [2.75, 3.05) is 5.32 Å². The van der Waals surface area contributed by atoms with Crippen molar-refractivity contribution in [3.8, 4) is 0 Å². The molecule has 1 aliphatic rings. The first kappa shape index (κ1) is 19.8. The van der Waals surface area contributed by atoms with Crippen molar-refractivity contribution in [2.45, 2.75) is 51.7 Å². The fourth-order valence-electron chi connectivity index (χ4n) is 3.81. The van der Waals surface area contributed by atoms with Gasteiger partial charge in [-0.25, -0.2) is 4.68 Å². The second-order valence-electron chi connectivity index (χ2n) is 7.44. The number of aryl methyl sites for hydroxylation is 1. The van der Waals surface area contributed by atoms with Crippen molar-refractivity contribution < 1.29 is 9.59 Å². The highest BCUT2D eigenvalue weighted by atomic mass is 16.2. The average molecular weight is 408 g/mol. The van der Waals surface area contributed by atoms with E-state index in [9.17, 15) is 14.4 Å². The molecule has 2 heterocycles. The molecule has 0 spiro atoms. The maximum atomic E-state index is 12.9. The van der Waals surface area contributed by atoms with Crippen molar-refractivity contribution in [1.29, 1.82) is 0 Å². The normalized spacial score (nSPS) is 14.2. The Kier molecular flexibility index (Phi) is 5.60. The van der Waals surface area contributed by atoms with Gasteiger partial charge in [0.25, 0.3) is 11.5 Å². The molecule has 3 aromatic rings. The minimum Gasteiger partial charge on any atom is -0.352 e. The van der Waals surface area contributed by atoms with Crippen LogP contribution >= 0.6 is 0 Å². The Labute approximate surface area is 173 Å². The van der Waals surface area contributed by atoms with Crippen LogP contribution in [0.15, 0.2) is 41.5 Å². The van der Waals surface area contributed by atoms with Crippen LogP contribution in [0.1, 0.15) is 43.1 Å². The highest BCUT2D eigenvalue weighted by Gasteiger charge is 2.19. The Bertz CT molecular complexity index is 1140. The Morgan fingerprint density at radius 1 is 1.17 bits per heavy atom. The van der Waals surface area contributed by atoms with Crippen LogP contribution in [0.4, 0.5) is 5.69 Å². The van der Waals surface area contributed by atoms with Crippen LogP contribution in [0.25, 0.3) is 10.8 Å². The number of hydrogen-bond acceptors (Lipinski definition) is 5. The predicted molar refractivity (Wildman–Crippen MR) is 112 cm³/mol. The van der Waals surface area contributed by atoms with E-state index in [4.69, 9.17) is 0 Å². The fraction of sp³-hybridized carbons (Fsp3) is 0.381. The van der Waals surface area contributed by atoms with Crippen LogP contribution in [0.5, 0.6) is 0 Å². The van der Waals surface area contributed by atoms with Crippen LogP contribution in [0, 0.1) is 0 Å². The summed E-state index contributed by atoms with van der Waals surface area (Å²) in [4.78, 5) is 37.5. The van der Waals surface area contributed by atoms with Gasteiger partial charge in [0, 0.05) is 24.2 Å². The van der Waals surface area contributed by atoms with Crippen molar-refractivity contribution in [3.63, 3.8) is 0 Å². The van der Waals surface area contributed by atoms with Gasteiger partial charge in [-0.3, -0.25) is 19.1 Å². The molecule has 4 rings (SSSR count). The molecule has 2 N–H and O–H groups in total. The van der Waals surface area contributed by atoms with E-state index in [0.29, 0.717) is 23.0 Å². The van der Waals surface area contributed by atoms with E-state index in [1.165, 1.54) is 15.6 Å². The second kappa shape index (κ2) is 8.48. The van der Waals surface area contributed by atoms with Gasteiger partial charge in [-0.15, -0.1) is 0 Å². The zero-order valence-corrected chi connectivity index (χ0v) is 16.8. The lowest BCUT2D eigenvalue weighted by molar-refractivity contribution is -0.122. The molecular weight excluding hydrogens is 384 g/mol. The number of rotatable bonds is 6. The molecule has 1 aliphatic carbocycles. The van der Waals surface area contributed by atoms with E-state index in [1.807, 2.05) is 0 Å². The van der Waals surface area contributed by atoms with Crippen molar-refractivity contribution in [3.05, 3.63) is 52.7 Å². The number of amides is 2. The van der Waals surface area contributed by atoms with Gasteiger partial charge >= 0.3 is 0 Å². The number of carbonyl (C=O) groups excluding carboxylic acids is 2. The molecule has 0 radical (unpaired) electrons. The Balaban J connectivity index is 1.49. The largest absolute Gasteiger partial charge is 0.352 e. The molecule has 0 unspecified atom stereocenters. The molecule has 1 fully saturated rings. The predicted octanol–water partition coefficient (Wildman–Crippen LogP) is 1.92. The summed E-state index contributed by atoms with van der Waals surface area (Å²) < 4.78 is 2.76. The van der Waals surface area contributed by atoms with Crippen molar-refractivity contribution in [2.24, 2.45) is 0 Å². The van der Waals surface area contributed by atoms with Gasteiger partial charge in [-0.05, 0) is 25.8 Å². The number of carbonyl (C=O) groups is 2. The smallest absolute Gasteiger partial charge is 0.276 e. The molecular formula is C21H24N6O3. The van der Waals surface area contributed by atoms with Gasteiger partial charge in [0.2, 0.25) is 5.91 Å². The lowest BCUT2D eigenvalue weighted by Crippen LogP contribution is -2.35. The summed E-state index contributed by atoms with van der Waals surface area (Å²) in [5.41, 5.74) is 0.387. The molecule has 9 nitrogen and oxygen atoms in total. The third-order valence-electron chi connectivity index (χ3n) is 5.30. The summed E-state index contributed by atoms with van der Waals surface area (Å²) in [5.74, 6) is -0.533. The molecule has 30 heavy (non-hydrogen) atoms. The van der Waals surface area contributed by atoms with E-state index in [-0.39, 0.29) is 29.7 Å². The molecule has 1 saturated carbocycles. The SMILES string of the molecule is CCn1nc(C(=O)Nc2cnn(CC(=O)NC3CCCC3)c2)c2ccccc2c1=O. The molecule has 2 aromatic heterocycles. The molecule has 2 amide bonds. The highest BCUT2D eigenvalue weighted by molar-refractivity contribution is 6.11. The minimum absolute atomic E-state index is 0.0915. The number of aromatic nitrogens is 4. The van der Waals surface area contributed by atoms with Crippen molar-refractivity contribution >= 4 is 28.3 Å². The monoisotopic (exact) mass is 408 g/mol. The second-order valence-corrected chi connectivity index (χ2v) is 7.44. The average Bonchev–Trinajstić information content (AvgIpc) is 3.40. The van der Waals surface area contributed by atoms with Gasteiger partial charge in [0.15, 0.2) is 5.69 Å². The third-order valence-corrected chi connectivity index (χ3v) is 5.30. The number of benzene rings is 1. The fourth-order valence-corrected chi connectivity index (χ4v) is 3.81. The Morgan fingerprint density at radius 3 is 2.63 bits per heavy atom. The summed E-state index contributed by atoms with van der Waals surface area (Å²) in [5, 5.41) is 15.1. The summed E-state index contributed by atoms with van der Waals surface area (Å²) in [6.45, 7) is 2.25. The van der Waals surface area contributed by atoms with Crippen LogP contribution in [0.2, 0.25) is 0 Å². The van der Waals surface area contributed by atoms with Gasteiger partial charge in [0.05, 0.1) is 17.3 Å². The molecule has 0 atom stereocenters. The topological polar surface area (TPSA) is 111 Å². The van der Waals surface area contributed by atoms with Crippen LogP contribution in [0.3, 0.4) is 0 Å². The summed E-state index contributed by atoms with van der Waals surface area (Å²) in [6, 6.07) is 7.16. The first-order valence-corrected chi connectivity index (χ1v) is 10.2. The zero-order chi connectivity index (χ0) is 21.1. The number of nitrogens with one attached hydrogen (secondary N) is 2. The lowest BCUT2D eigenvalue weighted by Gasteiger charge is -2.11. The molecule has 0 aliphatic heterocycles. The Hall–Kier alpha value is -3.49. The number of nitrogens with zero attached hydrogens (tertiary/aromatic N) is 4. The van der Waals surface area contributed by atoms with E-state index in [2.05, 4.69) is 20.8 Å². The zero-order valence-electron chi connectivity index (χ0n) is 16.8. The molecule has 0 saturated heterocycles. The van der Waals surface area contributed by atoms with E-state index in [1.54, 1.807) is 37.4 Å². The van der Waals surface area contributed by atoms with Crippen LogP contribution in [-0.4, -0.2) is 37.4 Å². The van der Waals surface area contributed by atoms with Gasteiger partial charge < -0.3 is 10.6 Å². The molecule has 1 aromatic carbocycles. The number of anilines is 1. The Morgan fingerprint density at radius 2 is 1.90 bits per heavy atom. The third kappa shape index (κ3) is 4.10. The van der Waals surface area contributed by atoms with E-state index in [0.717, 1.165) is 25.7 Å². The van der Waals surface area contributed by atoms with Gasteiger partial charge in [0.1, 0.15) is 6.54 Å². The lowest BCUT2D eigenvalue weighted by atomic mass is 10.1. The maximum Gasteiger partial charge on any atom is 0.276 e. The quantitative estimate of drug-likeness (QED) is 0.647. The first-order chi connectivity index (χ1) is 14.5. The highest BCUT2D eigenvalue weighted by Crippen LogP contribution is 2.18.